The highest BCUT2D eigenvalue weighted by atomic mass is 16.5. The number of hydrogen-bond donors (Lipinski definition) is 1. The fraction of sp³-hybridized carbons (Fsp3) is 0.357. The van der Waals surface area contributed by atoms with Crippen molar-refractivity contribution in [1.82, 2.24) is 5.16 Å². The quantitative estimate of drug-likeness (QED) is 0.881. The van der Waals surface area contributed by atoms with Crippen molar-refractivity contribution in [2.24, 2.45) is 5.73 Å². The highest BCUT2D eigenvalue weighted by Crippen LogP contribution is 2.26. The van der Waals surface area contributed by atoms with E-state index in [-0.39, 0.29) is 6.04 Å². The van der Waals surface area contributed by atoms with Crippen LogP contribution >= 0.6 is 0 Å². The van der Waals surface area contributed by atoms with Crippen LogP contribution in [0.1, 0.15) is 36.4 Å². The van der Waals surface area contributed by atoms with Crippen molar-refractivity contribution in [2.75, 3.05) is 0 Å². The first-order chi connectivity index (χ1) is 8.70. The average molecular weight is 246 g/mol. The molecule has 1 aromatic heterocycles. The van der Waals surface area contributed by atoms with E-state index >= 15 is 0 Å². The van der Waals surface area contributed by atoms with Crippen LogP contribution in [-0.2, 0) is 6.61 Å². The predicted molar refractivity (Wildman–Crippen MR) is 69.2 cm³/mol. The molecule has 4 nitrogen and oxygen atoms in total. The van der Waals surface area contributed by atoms with Gasteiger partial charge in [0.05, 0.1) is 0 Å². The summed E-state index contributed by atoms with van der Waals surface area (Å²) >= 11 is 0. The molecule has 1 atom stereocenters. The topological polar surface area (TPSA) is 61.3 Å². The van der Waals surface area contributed by atoms with Gasteiger partial charge in [0.2, 0.25) is 0 Å². The molecule has 0 saturated carbocycles. The zero-order chi connectivity index (χ0) is 13.0. The fourth-order valence-electron chi connectivity index (χ4n) is 1.78. The van der Waals surface area contributed by atoms with Crippen LogP contribution in [0, 0.1) is 6.92 Å². The third kappa shape index (κ3) is 2.90. The highest BCUT2D eigenvalue weighted by Gasteiger charge is 2.10. The molecule has 2 rings (SSSR count). The largest absolute Gasteiger partial charge is 0.487 e. The minimum absolute atomic E-state index is 0.000227. The summed E-state index contributed by atoms with van der Waals surface area (Å²) in [5.41, 5.74) is 7.87. The Morgan fingerprint density at radius 1 is 1.39 bits per heavy atom. The monoisotopic (exact) mass is 246 g/mol. The van der Waals surface area contributed by atoms with Gasteiger partial charge in [0.25, 0.3) is 0 Å². The van der Waals surface area contributed by atoms with Crippen molar-refractivity contribution in [1.29, 1.82) is 0 Å². The van der Waals surface area contributed by atoms with Crippen LogP contribution in [0.3, 0.4) is 0 Å². The van der Waals surface area contributed by atoms with E-state index < -0.39 is 0 Å². The number of rotatable bonds is 5. The van der Waals surface area contributed by atoms with Gasteiger partial charge in [0.15, 0.2) is 0 Å². The number of para-hydroxylation sites is 1. The maximum Gasteiger partial charge on any atom is 0.134 e. The van der Waals surface area contributed by atoms with E-state index in [0.29, 0.717) is 6.61 Å². The molecular formula is C14H18N2O2. The molecule has 0 aliphatic carbocycles. The van der Waals surface area contributed by atoms with E-state index in [4.69, 9.17) is 15.0 Å². The first-order valence-electron chi connectivity index (χ1n) is 6.10. The second kappa shape index (κ2) is 5.69. The summed E-state index contributed by atoms with van der Waals surface area (Å²) < 4.78 is 10.8. The molecule has 0 unspecified atom stereocenters. The van der Waals surface area contributed by atoms with Gasteiger partial charge in [0.1, 0.15) is 23.8 Å². The van der Waals surface area contributed by atoms with Gasteiger partial charge in [-0.1, -0.05) is 30.3 Å². The lowest BCUT2D eigenvalue weighted by molar-refractivity contribution is 0.283. The number of nitrogens with two attached hydrogens (primary N) is 1. The standard InChI is InChI=1S/C14H18N2O2/c1-3-13(15)12-6-4-5-7-14(12)17-9-11-8-10(2)18-16-11/h4-8,13H,3,9,15H2,1-2H3/t13-/m0/s1. The minimum atomic E-state index is 0.000227. The van der Waals surface area contributed by atoms with Crippen molar-refractivity contribution in [3.05, 3.63) is 47.3 Å². The molecule has 0 aliphatic rings. The molecule has 96 valence electrons. The Balaban J connectivity index is 2.09. The Morgan fingerprint density at radius 3 is 2.83 bits per heavy atom. The Bertz CT molecular complexity index is 508. The van der Waals surface area contributed by atoms with Crippen molar-refractivity contribution in [2.45, 2.75) is 32.9 Å². The predicted octanol–water partition coefficient (Wildman–Crippen LogP) is 2.97. The van der Waals surface area contributed by atoms with E-state index in [1.807, 2.05) is 37.3 Å². The van der Waals surface area contributed by atoms with Crippen molar-refractivity contribution in [3.63, 3.8) is 0 Å². The van der Waals surface area contributed by atoms with Crippen LogP contribution in [0.25, 0.3) is 0 Å². The highest BCUT2D eigenvalue weighted by molar-refractivity contribution is 5.35. The second-order valence-electron chi connectivity index (χ2n) is 4.27. The zero-order valence-corrected chi connectivity index (χ0v) is 10.7. The number of hydrogen-bond acceptors (Lipinski definition) is 4. The van der Waals surface area contributed by atoms with Gasteiger partial charge < -0.3 is 15.0 Å². The molecule has 18 heavy (non-hydrogen) atoms. The van der Waals surface area contributed by atoms with Gasteiger partial charge in [0, 0.05) is 17.7 Å². The third-order valence-corrected chi connectivity index (χ3v) is 2.81. The lowest BCUT2D eigenvalue weighted by atomic mass is 10.0. The molecule has 4 heteroatoms. The van der Waals surface area contributed by atoms with Gasteiger partial charge in [-0.3, -0.25) is 0 Å². The number of ether oxygens (including phenoxy) is 1. The number of benzene rings is 1. The number of aromatic nitrogens is 1. The summed E-state index contributed by atoms with van der Waals surface area (Å²) in [6, 6.07) is 9.70. The Hall–Kier alpha value is -1.81. The molecule has 0 spiro atoms. The maximum atomic E-state index is 6.05. The summed E-state index contributed by atoms with van der Waals surface area (Å²) in [5.74, 6) is 1.60. The number of nitrogens with zero attached hydrogens (tertiary/aromatic N) is 1. The SMILES string of the molecule is CC[C@H](N)c1ccccc1OCc1cc(C)on1. The van der Waals surface area contributed by atoms with E-state index in [1.165, 1.54) is 0 Å². The molecule has 0 radical (unpaired) electrons. The molecule has 1 aromatic carbocycles. The van der Waals surface area contributed by atoms with Gasteiger partial charge in [-0.05, 0) is 19.4 Å². The van der Waals surface area contributed by atoms with E-state index in [1.54, 1.807) is 0 Å². The molecule has 0 aliphatic heterocycles. The fourth-order valence-corrected chi connectivity index (χ4v) is 1.78. The second-order valence-corrected chi connectivity index (χ2v) is 4.27. The average Bonchev–Trinajstić information content (AvgIpc) is 2.81. The lowest BCUT2D eigenvalue weighted by Gasteiger charge is -2.14. The van der Waals surface area contributed by atoms with Gasteiger partial charge in [-0.2, -0.15) is 0 Å². The summed E-state index contributed by atoms with van der Waals surface area (Å²) in [4.78, 5) is 0. The minimum Gasteiger partial charge on any atom is -0.487 e. The molecule has 1 heterocycles. The Labute approximate surface area is 107 Å². The summed E-state index contributed by atoms with van der Waals surface area (Å²) in [7, 11) is 0. The normalized spacial score (nSPS) is 12.4. The first-order valence-corrected chi connectivity index (χ1v) is 6.10. The molecule has 0 fully saturated rings. The smallest absolute Gasteiger partial charge is 0.134 e. The third-order valence-electron chi connectivity index (χ3n) is 2.81. The van der Waals surface area contributed by atoms with E-state index in [2.05, 4.69) is 12.1 Å². The van der Waals surface area contributed by atoms with Crippen molar-refractivity contribution in [3.8, 4) is 5.75 Å². The van der Waals surface area contributed by atoms with Crippen LogP contribution in [0.15, 0.2) is 34.9 Å². The van der Waals surface area contributed by atoms with Crippen LogP contribution in [0.4, 0.5) is 0 Å². The van der Waals surface area contributed by atoms with Crippen LogP contribution in [-0.4, -0.2) is 5.16 Å². The molecule has 0 amide bonds. The van der Waals surface area contributed by atoms with Gasteiger partial charge in [-0.25, -0.2) is 0 Å². The van der Waals surface area contributed by atoms with Crippen LogP contribution in [0.5, 0.6) is 5.75 Å². The van der Waals surface area contributed by atoms with Crippen molar-refractivity contribution >= 4 is 0 Å². The Kier molecular flexibility index (Phi) is 3.99. The Morgan fingerprint density at radius 2 is 2.17 bits per heavy atom. The van der Waals surface area contributed by atoms with Gasteiger partial charge >= 0.3 is 0 Å². The molecule has 0 saturated heterocycles. The van der Waals surface area contributed by atoms with Gasteiger partial charge in [-0.15, -0.1) is 0 Å². The first kappa shape index (κ1) is 12.6. The van der Waals surface area contributed by atoms with E-state index in [9.17, 15) is 0 Å². The molecule has 2 aromatic rings. The zero-order valence-electron chi connectivity index (χ0n) is 10.7. The summed E-state index contributed by atoms with van der Waals surface area (Å²) in [6.07, 6.45) is 0.878. The van der Waals surface area contributed by atoms with Crippen molar-refractivity contribution < 1.29 is 9.26 Å². The molecular weight excluding hydrogens is 228 g/mol. The lowest BCUT2D eigenvalue weighted by Crippen LogP contribution is -2.10. The summed E-state index contributed by atoms with van der Waals surface area (Å²) in [5, 5.41) is 3.89. The maximum absolute atomic E-state index is 6.05. The molecule has 2 N–H and O–H groups in total. The van der Waals surface area contributed by atoms with Crippen LogP contribution < -0.4 is 10.5 Å². The number of aryl methyl sites for hydroxylation is 1. The van der Waals surface area contributed by atoms with E-state index in [0.717, 1.165) is 29.2 Å². The van der Waals surface area contributed by atoms with Crippen LogP contribution in [0.2, 0.25) is 0 Å². The molecule has 0 bridgehead atoms. The summed E-state index contributed by atoms with van der Waals surface area (Å²) in [6.45, 7) is 4.31.